The first-order valence-electron chi connectivity index (χ1n) is 3.84. The molecule has 1 aliphatic heterocycles. The van der Waals surface area contributed by atoms with Crippen molar-refractivity contribution in [3.8, 4) is 0 Å². The largest absolute Gasteiger partial charge is 0.391 e. The summed E-state index contributed by atoms with van der Waals surface area (Å²) in [6.45, 7) is 1.56. The van der Waals surface area contributed by atoms with Gasteiger partial charge in [0, 0.05) is 13.1 Å². The fourth-order valence-corrected chi connectivity index (χ4v) is 1.23. The first-order valence-corrected chi connectivity index (χ1v) is 3.84. The number of aliphatic hydroxyl groups is 1. The number of hydrogen-bond acceptors (Lipinski definition) is 3. The number of β-amino-alcohol motifs (C(OH)–C–C–N with tert-alkyl or cyclic N) is 1. The van der Waals surface area contributed by atoms with Gasteiger partial charge in [-0.25, -0.2) is 0 Å². The van der Waals surface area contributed by atoms with Gasteiger partial charge in [-0.1, -0.05) is 0 Å². The lowest BCUT2D eigenvalue weighted by Gasteiger charge is -2.14. The second kappa shape index (κ2) is 3.69. The molecule has 0 unspecified atom stereocenters. The zero-order valence-electron chi connectivity index (χ0n) is 6.71. The number of likely N-dealkylation sites (tertiary alicyclic amines) is 1. The Bertz CT molecular complexity index is 149. The minimum Gasteiger partial charge on any atom is -0.391 e. The molecule has 0 aromatic carbocycles. The maximum absolute atomic E-state index is 11.1. The summed E-state index contributed by atoms with van der Waals surface area (Å²) in [5, 5.41) is 11.9. The fraction of sp³-hybridized carbons (Fsp3) is 0.857. The molecule has 0 radical (unpaired) electrons. The van der Waals surface area contributed by atoms with Crippen LogP contribution in [0.2, 0.25) is 0 Å². The van der Waals surface area contributed by atoms with Gasteiger partial charge in [-0.05, 0) is 13.5 Å². The quantitative estimate of drug-likeness (QED) is 0.530. The Kier molecular flexibility index (Phi) is 2.84. The number of carbonyl (C=O) groups is 1. The highest BCUT2D eigenvalue weighted by atomic mass is 16.3. The van der Waals surface area contributed by atoms with E-state index >= 15 is 0 Å². The molecule has 0 bridgehead atoms. The van der Waals surface area contributed by atoms with E-state index in [1.807, 2.05) is 0 Å². The average Bonchev–Trinajstić information content (AvgIpc) is 2.36. The number of nitrogens with zero attached hydrogens (tertiary/aromatic N) is 1. The summed E-state index contributed by atoms with van der Waals surface area (Å²) in [5.41, 5.74) is 0. The Morgan fingerprint density at radius 3 is 3.00 bits per heavy atom. The topological polar surface area (TPSA) is 52.6 Å². The van der Waals surface area contributed by atoms with Gasteiger partial charge in [0.15, 0.2) is 0 Å². The first-order chi connectivity index (χ1) is 5.24. The summed E-state index contributed by atoms with van der Waals surface area (Å²) in [7, 11) is 1.74. The maximum Gasteiger partial charge on any atom is 0.236 e. The maximum atomic E-state index is 11.1. The average molecular weight is 158 g/mol. The van der Waals surface area contributed by atoms with Crippen molar-refractivity contribution in [1.82, 2.24) is 10.2 Å². The van der Waals surface area contributed by atoms with E-state index in [1.54, 1.807) is 11.9 Å². The Hall–Kier alpha value is -0.610. The first kappa shape index (κ1) is 8.49. The van der Waals surface area contributed by atoms with Crippen molar-refractivity contribution in [2.75, 3.05) is 26.7 Å². The summed E-state index contributed by atoms with van der Waals surface area (Å²) >= 11 is 0. The predicted molar refractivity (Wildman–Crippen MR) is 41.1 cm³/mol. The Morgan fingerprint density at radius 2 is 2.55 bits per heavy atom. The number of carbonyl (C=O) groups excluding carboxylic acids is 1. The number of aliphatic hydroxyl groups excluding tert-OH is 1. The molecule has 1 amide bonds. The summed E-state index contributed by atoms with van der Waals surface area (Å²) in [6, 6.07) is 0. The molecule has 4 heteroatoms. The van der Waals surface area contributed by atoms with Crippen LogP contribution in [0.5, 0.6) is 0 Å². The highest BCUT2D eigenvalue weighted by Crippen LogP contribution is 2.07. The molecule has 1 aliphatic rings. The monoisotopic (exact) mass is 158 g/mol. The number of nitrogens with one attached hydrogen (secondary N) is 1. The lowest BCUT2D eigenvalue weighted by atomic mass is 10.3. The van der Waals surface area contributed by atoms with E-state index in [9.17, 15) is 4.79 Å². The molecule has 4 nitrogen and oxygen atoms in total. The molecule has 0 aliphatic carbocycles. The Balaban J connectivity index is 2.31. The molecule has 1 fully saturated rings. The third-order valence-corrected chi connectivity index (χ3v) is 1.84. The van der Waals surface area contributed by atoms with E-state index < -0.39 is 0 Å². The van der Waals surface area contributed by atoms with Crippen LogP contribution in [0.4, 0.5) is 0 Å². The number of amides is 1. The highest BCUT2D eigenvalue weighted by molar-refractivity contribution is 5.78. The van der Waals surface area contributed by atoms with Crippen LogP contribution in [0, 0.1) is 0 Å². The van der Waals surface area contributed by atoms with E-state index in [4.69, 9.17) is 5.11 Å². The van der Waals surface area contributed by atoms with Crippen LogP contribution in [0.15, 0.2) is 0 Å². The smallest absolute Gasteiger partial charge is 0.236 e. The lowest BCUT2D eigenvalue weighted by Crippen LogP contribution is -2.35. The van der Waals surface area contributed by atoms with E-state index in [1.165, 1.54) is 0 Å². The van der Waals surface area contributed by atoms with Gasteiger partial charge in [0.2, 0.25) is 5.91 Å². The van der Waals surface area contributed by atoms with Crippen molar-refractivity contribution in [2.24, 2.45) is 0 Å². The van der Waals surface area contributed by atoms with Gasteiger partial charge in [0.1, 0.15) is 0 Å². The molecular formula is C7H14N2O2. The Labute approximate surface area is 66.2 Å². The van der Waals surface area contributed by atoms with Crippen LogP contribution in [-0.2, 0) is 4.79 Å². The zero-order chi connectivity index (χ0) is 8.27. The second-order valence-electron chi connectivity index (χ2n) is 2.81. The molecule has 1 rings (SSSR count). The van der Waals surface area contributed by atoms with Gasteiger partial charge in [-0.15, -0.1) is 0 Å². The van der Waals surface area contributed by atoms with Crippen LogP contribution in [0.1, 0.15) is 6.42 Å². The van der Waals surface area contributed by atoms with Crippen LogP contribution in [-0.4, -0.2) is 48.7 Å². The predicted octanol–water partition coefficient (Wildman–Crippen LogP) is -1.20. The Morgan fingerprint density at radius 1 is 1.82 bits per heavy atom. The fourth-order valence-electron chi connectivity index (χ4n) is 1.23. The molecule has 2 N–H and O–H groups in total. The minimum absolute atomic E-state index is 0.0732. The van der Waals surface area contributed by atoms with Crippen LogP contribution in [0.3, 0.4) is 0 Å². The summed E-state index contributed by atoms with van der Waals surface area (Å²) in [4.78, 5) is 12.8. The van der Waals surface area contributed by atoms with Crippen molar-refractivity contribution < 1.29 is 9.90 Å². The lowest BCUT2D eigenvalue weighted by molar-refractivity contribution is -0.129. The van der Waals surface area contributed by atoms with Crippen molar-refractivity contribution in [3.63, 3.8) is 0 Å². The van der Waals surface area contributed by atoms with Crippen LogP contribution < -0.4 is 5.32 Å². The number of rotatable bonds is 2. The zero-order valence-corrected chi connectivity index (χ0v) is 6.71. The highest BCUT2D eigenvalue weighted by Gasteiger charge is 2.23. The van der Waals surface area contributed by atoms with Crippen molar-refractivity contribution in [1.29, 1.82) is 0 Å². The molecule has 1 saturated heterocycles. The molecule has 0 aromatic rings. The second-order valence-corrected chi connectivity index (χ2v) is 2.81. The van der Waals surface area contributed by atoms with Gasteiger partial charge < -0.3 is 15.3 Å². The van der Waals surface area contributed by atoms with Crippen LogP contribution >= 0.6 is 0 Å². The number of hydrogen-bond donors (Lipinski definition) is 2. The molecular weight excluding hydrogens is 144 g/mol. The van der Waals surface area contributed by atoms with Crippen molar-refractivity contribution in [2.45, 2.75) is 12.5 Å². The van der Waals surface area contributed by atoms with E-state index in [2.05, 4.69) is 5.32 Å². The molecule has 1 heterocycles. The SMILES string of the molecule is CNCC(=O)N1CC[C@H](O)C1. The van der Waals surface area contributed by atoms with Crippen molar-refractivity contribution in [3.05, 3.63) is 0 Å². The van der Waals surface area contributed by atoms with E-state index in [-0.39, 0.29) is 12.0 Å². The van der Waals surface area contributed by atoms with Crippen molar-refractivity contribution >= 4 is 5.91 Å². The van der Waals surface area contributed by atoms with Gasteiger partial charge in [-0.3, -0.25) is 4.79 Å². The molecule has 0 spiro atoms. The van der Waals surface area contributed by atoms with Gasteiger partial charge >= 0.3 is 0 Å². The molecule has 0 saturated carbocycles. The van der Waals surface area contributed by atoms with Gasteiger partial charge in [-0.2, -0.15) is 0 Å². The van der Waals surface area contributed by atoms with Crippen LogP contribution in [0.25, 0.3) is 0 Å². The minimum atomic E-state index is -0.309. The number of likely N-dealkylation sites (N-methyl/N-ethyl adjacent to an activating group) is 1. The molecule has 0 aromatic heterocycles. The van der Waals surface area contributed by atoms with Gasteiger partial charge in [0.05, 0.1) is 12.6 Å². The third kappa shape index (κ3) is 2.17. The summed E-state index contributed by atoms with van der Waals surface area (Å²) in [6.07, 6.45) is 0.408. The standard InChI is InChI=1S/C7H14N2O2/c1-8-4-7(11)9-3-2-6(10)5-9/h6,8,10H,2-5H2,1H3/t6-/m0/s1. The van der Waals surface area contributed by atoms with Gasteiger partial charge in [0.25, 0.3) is 0 Å². The molecule has 64 valence electrons. The van der Waals surface area contributed by atoms with E-state index in [0.717, 1.165) is 6.42 Å². The molecule has 11 heavy (non-hydrogen) atoms. The summed E-state index contributed by atoms with van der Waals surface area (Å²) < 4.78 is 0. The third-order valence-electron chi connectivity index (χ3n) is 1.84. The molecule has 1 atom stereocenters. The summed E-state index contributed by atoms with van der Waals surface area (Å²) in [5.74, 6) is 0.0732. The normalized spacial score (nSPS) is 24.2. The van der Waals surface area contributed by atoms with E-state index in [0.29, 0.717) is 19.6 Å².